The lowest BCUT2D eigenvalue weighted by atomic mass is 9.86. The van der Waals surface area contributed by atoms with Crippen LogP contribution in [0.25, 0.3) is 0 Å². The van der Waals surface area contributed by atoms with Gasteiger partial charge in [-0.15, -0.1) is 5.10 Å². The smallest absolute Gasteiger partial charge is 0.318 e. The van der Waals surface area contributed by atoms with Gasteiger partial charge in [0.05, 0.1) is 0 Å². The molecule has 17 heavy (non-hydrogen) atoms. The average Bonchev–Trinajstić information content (AvgIpc) is 2.72. The van der Waals surface area contributed by atoms with E-state index in [0.29, 0.717) is 42.7 Å². The Kier molecular flexibility index (Phi) is 3.66. The molecular formula is C12H22N4O. The van der Waals surface area contributed by atoms with E-state index in [1.54, 1.807) is 0 Å². The summed E-state index contributed by atoms with van der Waals surface area (Å²) >= 11 is 0. The molecule has 0 aliphatic carbocycles. The Morgan fingerprint density at radius 1 is 1.35 bits per heavy atom. The van der Waals surface area contributed by atoms with Crippen molar-refractivity contribution in [3.63, 3.8) is 0 Å². The van der Waals surface area contributed by atoms with Crippen molar-refractivity contribution in [1.29, 1.82) is 0 Å². The summed E-state index contributed by atoms with van der Waals surface area (Å²) < 4.78 is 5.65. The monoisotopic (exact) mass is 238 g/mol. The zero-order valence-electron chi connectivity index (χ0n) is 10.9. The highest BCUT2D eigenvalue weighted by Crippen LogP contribution is 2.30. The Bertz CT molecular complexity index is 365. The second kappa shape index (κ2) is 5.04. The van der Waals surface area contributed by atoms with Gasteiger partial charge in [-0.05, 0) is 25.2 Å². The molecule has 5 heteroatoms. The van der Waals surface area contributed by atoms with Gasteiger partial charge in [0.25, 0.3) is 0 Å². The Labute approximate surface area is 102 Å². The normalized spacial score (nSPS) is 29.6. The van der Waals surface area contributed by atoms with E-state index >= 15 is 0 Å². The Morgan fingerprint density at radius 2 is 2.12 bits per heavy atom. The lowest BCUT2D eigenvalue weighted by Gasteiger charge is -2.39. The second-order valence-corrected chi connectivity index (χ2v) is 5.23. The van der Waals surface area contributed by atoms with Gasteiger partial charge >= 0.3 is 6.01 Å². The third-order valence-electron chi connectivity index (χ3n) is 3.66. The number of hydrogen-bond acceptors (Lipinski definition) is 5. The Hall–Kier alpha value is -1.10. The van der Waals surface area contributed by atoms with Crippen molar-refractivity contribution in [2.24, 2.45) is 17.6 Å². The molecule has 5 nitrogen and oxygen atoms in total. The highest BCUT2D eigenvalue weighted by molar-refractivity contribution is 5.28. The number of piperidine rings is 1. The maximum Gasteiger partial charge on any atom is 0.318 e. The molecule has 2 heterocycles. The summed E-state index contributed by atoms with van der Waals surface area (Å²) in [5, 5.41) is 8.16. The molecule has 0 amide bonds. The fourth-order valence-corrected chi connectivity index (χ4v) is 2.55. The zero-order chi connectivity index (χ0) is 12.4. The van der Waals surface area contributed by atoms with Crippen LogP contribution in [0.4, 0.5) is 6.01 Å². The van der Waals surface area contributed by atoms with E-state index in [2.05, 4.69) is 35.9 Å². The Balaban J connectivity index is 2.13. The van der Waals surface area contributed by atoms with Crippen molar-refractivity contribution in [2.45, 2.75) is 39.7 Å². The van der Waals surface area contributed by atoms with E-state index in [1.165, 1.54) is 6.42 Å². The van der Waals surface area contributed by atoms with Crippen molar-refractivity contribution in [3.8, 4) is 0 Å². The van der Waals surface area contributed by atoms with Gasteiger partial charge in [-0.25, -0.2) is 0 Å². The predicted molar refractivity (Wildman–Crippen MR) is 66.8 cm³/mol. The highest BCUT2D eigenvalue weighted by Gasteiger charge is 2.31. The number of hydrogen-bond donors (Lipinski definition) is 1. The van der Waals surface area contributed by atoms with E-state index in [9.17, 15) is 0 Å². The quantitative estimate of drug-likeness (QED) is 0.863. The summed E-state index contributed by atoms with van der Waals surface area (Å²) in [7, 11) is 0. The summed E-state index contributed by atoms with van der Waals surface area (Å²) in [6.45, 7) is 8.32. The van der Waals surface area contributed by atoms with Crippen molar-refractivity contribution in [1.82, 2.24) is 10.2 Å². The molecule has 1 saturated heterocycles. The number of aromatic nitrogens is 2. The molecule has 1 aromatic rings. The van der Waals surface area contributed by atoms with Crippen LogP contribution in [0.2, 0.25) is 0 Å². The highest BCUT2D eigenvalue weighted by atomic mass is 16.4. The fraction of sp³-hybridized carbons (Fsp3) is 0.833. The molecule has 1 aromatic heterocycles. The van der Waals surface area contributed by atoms with Crippen LogP contribution in [0, 0.1) is 11.8 Å². The van der Waals surface area contributed by atoms with E-state index in [1.807, 2.05) is 0 Å². The summed E-state index contributed by atoms with van der Waals surface area (Å²) in [5.41, 5.74) is 5.48. The molecule has 3 unspecified atom stereocenters. The zero-order valence-corrected chi connectivity index (χ0v) is 10.9. The van der Waals surface area contributed by atoms with Crippen LogP contribution in [-0.2, 0) is 6.42 Å². The SMILES string of the molecule is CC1CC(C)C(C)N(c2nnc(CCN)o2)C1. The van der Waals surface area contributed by atoms with Gasteiger partial charge in [0.15, 0.2) is 0 Å². The first-order valence-electron chi connectivity index (χ1n) is 6.41. The largest absolute Gasteiger partial charge is 0.408 e. The van der Waals surface area contributed by atoms with E-state index in [-0.39, 0.29) is 0 Å². The minimum atomic E-state index is 0.456. The van der Waals surface area contributed by atoms with Crippen molar-refractivity contribution in [3.05, 3.63) is 5.89 Å². The molecule has 0 saturated carbocycles. The van der Waals surface area contributed by atoms with Gasteiger partial charge < -0.3 is 15.1 Å². The molecule has 1 aliphatic rings. The molecular weight excluding hydrogens is 216 g/mol. The van der Waals surface area contributed by atoms with Crippen LogP contribution in [-0.4, -0.2) is 29.3 Å². The van der Waals surface area contributed by atoms with Gasteiger partial charge in [0, 0.05) is 25.6 Å². The molecule has 1 fully saturated rings. The first kappa shape index (κ1) is 12.4. The standard InChI is InChI=1S/C12H22N4O/c1-8-6-9(2)10(3)16(7-8)12-15-14-11(17-12)4-5-13/h8-10H,4-7,13H2,1-3H3. The summed E-state index contributed by atoms with van der Waals surface area (Å²) in [4.78, 5) is 2.23. The minimum absolute atomic E-state index is 0.456. The summed E-state index contributed by atoms with van der Waals surface area (Å²) in [6.07, 6.45) is 1.92. The van der Waals surface area contributed by atoms with Gasteiger partial charge in [-0.3, -0.25) is 0 Å². The first-order valence-corrected chi connectivity index (χ1v) is 6.41. The number of rotatable bonds is 3. The third-order valence-corrected chi connectivity index (χ3v) is 3.66. The van der Waals surface area contributed by atoms with Gasteiger partial charge in [0.1, 0.15) is 0 Å². The third kappa shape index (κ3) is 2.60. The first-order chi connectivity index (χ1) is 8.11. The lowest BCUT2D eigenvalue weighted by Crippen LogP contribution is -2.46. The van der Waals surface area contributed by atoms with Gasteiger partial charge in [0.2, 0.25) is 5.89 Å². The van der Waals surface area contributed by atoms with E-state index in [0.717, 1.165) is 6.54 Å². The van der Waals surface area contributed by atoms with E-state index in [4.69, 9.17) is 10.2 Å². The van der Waals surface area contributed by atoms with Crippen LogP contribution in [0.15, 0.2) is 4.42 Å². The van der Waals surface area contributed by atoms with Crippen LogP contribution in [0.5, 0.6) is 0 Å². The average molecular weight is 238 g/mol. The second-order valence-electron chi connectivity index (χ2n) is 5.23. The molecule has 0 bridgehead atoms. The van der Waals surface area contributed by atoms with Gasteiger partial charge in [-0.1, -0.05) is 18.9 Å². The van der Waals surface area contributed by atoms with Crippen molar-refractivity contribution < 1.29 is 4.42 Å². The lowest BCUT2D eigenvalue weighted by molar-refractivity contribution is 0.282. The molecule has 1 aliphatic heterocycles. The topological polar surface area (TPSA) is 68.2 Å². The summed E-state index contributed by atoms with van der Waals surface area (Å²) in [6, 6.07) is 1.11. The van der Waals surface area contributed by atoms with Crippen LogP contribution < -0.4 is 10.6 Å². The fourth-order valence-electron chi connectivity index (χ4n) is 2.55. The number of nitrogens with zero attached hydrogens (tertiary/aromatic N) is 3. The molecule has 3 atom stereocenters. The van der Waals surface area contributed by atoms with E-state index < -0.39 is 0 Å². The van der Waals surface area contributed by atoms with Crippen LogP contribution >= 0.6 is 0 Å². The number of nitrogens with two attached hydrogens (primary N) is 1. The minimum Gasteiger partial charge on any atom is -0.408 e. The number of anilines is 1. The van der Waals surface area contributed by atoms with Gasteiger partial charge in [-0.2, -0.15) is 0 Å². The van der Waals surface area contributed by atoms with Crippen LogP contribution in [0.3, 0.4) is 0 Å². The predicted octanol–water partition coefficient (Wildman–Crippen LogP) is 1.44. The van der Waals surface area contributed by atoms with Crippen LogP contribution in [0.1, 0.15) is 33.1 Å². The molecule has 0 spiro atoms. The molecule has 2 rings (SSSR count). The summed E-state index contributed by atoms with van der Waals surface area (Å²) in [5.74, 6) is 1.97. The maximum atomic E-state index is 5.65. The van der Waals surface area contributed by atoms with Crippen molar-refractivity contribution >= 4 is 6.01 Å². The molecule has 0 radical (unpaired) electrons. The Morgan fingerprint density at radius 3 is 2.82 bits per heavy atom. The molecule has 96 valence electrons. The molecule has 2 N–H and O–H groups in total. The molecule has 0 aromatic carbocycles. The maximum absolute atomic E-state index is 5.65. The van der Waals surface area contributed by atoms with Crippen molar-refractivity contribution in [2.75, 3.05) is 18.0 Å².